The quantitative estimate of drug-likeness (QED) is 0.0378. The Hall–Kier alpha value is -7.78. The average molecular weight is 1030 g/mol. The molecular weight excluding hydrogens is 957 g/mol. The van der Waals surface area contributed by atoms with Crippen molar-refractivity contribution in [2.45, 2.75) is 71.4 Å². The molecule has 6 aromatic carbocycles. The van der Waals surface area contributed by atoms with Crippen LogP contribution in [0.25, 0.3) is 21.8 Å². The number of aryl methyl sites for hydroxylation is 1. The van der Waals surface area contributed by atoms with E-state index in [2.05, 4.69) is 78.7 Å². The van der Waals surface area contributed by atoms with Crippen molar-refractivity contribution in [1.29, 1.82) is 0 Å². The van der Waals surface area contributed by atoms with Crippen molar-refractivity contribution in [1.82, 2.24) is 20.2 Å². The van der Waals surface area contributed by atoms with Crippen LogP contribution in [0.4, 0.5) is 11.4 Å². The monoisotopic (exact) mass is 1020 g/mol. The number of nitrogens with one attached hydrogen (secondary N) is 3. The molecule has 13 nitrogen and oxygen atoms in total. The van der Waals surface area contributed by atoms with Gasteiger partial charge in [0.15, 0.2) is 8.32 Å². The molecule has 0 spiro atoms. The van der Waals surface area contributed by atoms with Crippen LogP contribution in [0.1, 0.15) is 81.0 Å². The minimum atomic E-state index is -2.23. The third kappa shape index (κ3) is 13.3. The molecule has 2 amide bonds. The van der Waals surface area contributed by atoms with E-state index in [1.807, 2.05) is 116 Å². The van der Waals surface area contributed by atoms with Gasteiger partial charge >= 0.3 is 0 Å². The van der Waals surface area contributed by atoms with Crippen molar-refractivity contribution >= 4 is 53.3 Å². The lowest BCUT2D eigenvalue weighted by molar-refractivity contribution is 0.0773. The van der Waals surface area contributed by atoms with Gasteiger partial charge in [-0.1, -0.05) is 93.6 Å². The Kier molecular flexibility index (Phi) is 16.8. The minimum Gasteiger partial charge on any atom is -0.497 e. The SMILES string of the molecule is COc1cccc(Nc2c(C(N)=O)cnc3c(C)cc(Cc4cccc(C(=O)N(C)CCOc5ccc(CCNC[C@H](O[Si](C)(C)C(C)(C)C)c6ccc(OCc7ccccc7)c7[nH]c(=O)ccc67)cc5)c4)cc23)c1. The first-order valence-corrected chi connectivity index (χ1v) is 28.3. The first kappa shape index (κ1) is 53.5. The van der Waals surface area contributed by atoms with Crippen molar-refractivity contribution in [3.63, 3.8) is 0 Å². The highest BCUT2D eigenvalue weighted by Gasteiger charge is 2.40. The summed E-state index contributed by atoms with van der Waals surface area (Å²) < 4.78 is 24.9. The van der Waals surface area contributed by atoms with Crippen LogP contribution in [0.2, 0.25) is 18.1 Å². The number of benzene rings is 6. The maximum absolute atomic E-state index is 13.7. The molecule has 0 saturated carbocycles. The highest BCUT2D eigenvalue weighted by atomic mass is 28.4. The maximum Gasteiger partial charge on any atom is 0.253 e. The molecule has 0 radical (unpaired) electrons. The third-order valence-electron chi connectivity index (χ3n) is 14.0. The molecule has 2 aromatic heterocycles. The van der Waals surface area contributed by atoms with Gasteiger partial charge in [0.25, 0.3) is 11.8 Å². The number of carbonyl (C=O) groups is 2. The van der Waals surface area contributed by atoms with Crippen molar-refractivity contribution in [3.8, 4) is 17.2 Å². The Morgan fingerprint density at radius 2 is 1.56 bits per heavy atom. The second kappa shape index (κ2) is 23.6. The average Bonchev–Trinajstić information content (AvgIpc) is 3.39. The molecule has 0 aliphatic rings. The van der Waals surface area contributed by atoms with Gasteiger partial charge in [-0.25, -0.2) is 0 Å². The Bertz CT molecular complexity index is 3360. The number of hydrogen-bond acceptors (Lipinski definition) is 10. The number of carbonyl (C=O) groups excluding carboxylic acids is 2. The molecule has 0 fully saturated rings. The van der Waals surface area contributed by atoms with E-state index in [1.165, 1.54) is 6.20 Å². The number of fused-ring (bicyclic) bond motifs is 2. The number of H-pyrrole nitrogens is 1. The van der Waals surface area contributed by atoms with Crippen LogP contribution in [-0.4, -0.2) is 75.4 Å². The Labute approximate surface area is 440 Å². The van der Waals surface area contributed by atoms with Gasteiger partial charge in [0.2, 0.25) is 5.56 Å². The van der Waals surface area contributed by atoms with E-state index in [9.17, 15) is 14.4 Å². The number of hydrogen-bond donors (Lipinski definition) is 4. The minimum absolute atomic E-state index is 0.0143. The molecule has 0 unspecified atom stereocenters. The van der Waals surface area contributed by atoms with Crippen LogP contribution < -0.4 is 36.1 Å². The molecular formula is C61H68N6O7Si. The van der Waals surface area contributed by atoms with E-state index in [0.717, 1.165) is 74.1 Å². The van der Waals surface area contributed by atoms with Gasteiger partial charge in [-0.05, 0) is 132 Å². The Balaban J connectivity index is 0.859. The smallest absolute Gasteiger partial charge is 0.253 e. The second-order valence-corrected chi connectivity index (χ2v) is 25.3. The predicted octanol–water partition coefficient (Wildman–Crippen LogP) is 11.5. The fourth-order valence-corrected chi connectivity index (χ4v) is 10.1. The van der Waals surface area contributed by atoms with E-state index in [-0.39, 0.29) is 28.2 Å². The number of nitrogens with two attached hydrogens (primary N) is 1. The Morgan fingerprint density at radius 1 is 0.800 bits per heavy atom. The van der Waals surface area contributed by atoms with Crippen LogP contribution in [0.15, 0.2) is 151 Å². The highest BCUT2D eigenvalue weighted by Crippen LogP contribution is 2.41. The topological polar surface area (TPSA) is 170 Å². The second-order valence-electron chi connectivity index (χ2n) is 20.5. The number of rotatable bonds is 22. The summed E-state index contributed by atoms with van der Waals surface area (Å²) in [5.74, 6) is 1.32. The number of methoxy groups -OCH3 is 1. The van der Waals surface area contributed by atoms with Crippen LogP contribution in [0.3, 0.4) is 0 Å². The molecule has 8 rings (SSSR count). The maximum atomic E-state index is 13.7. The van der Waals surface area contributed by atoms with Crippen molar-refractivity contribution in [2.24, 2.45) is 5.73 Å². The number of pyridine rings is 2. The van der Waals surface area contributed by atoms with E-state index in [0.29, 0.717) is 61.0 Å². The summed E-state index contributed by atoms with van der Waals surface area (Å²) in [5, 5.41) is 8.71. The summed E-state index contributed by atoms with van der Waals surface area (Å²) in [6.45, 7) is 15.6. The first-order valence-electron chi connectivity index (χ1n) is 25.4. The fraction of sp³-hybridized carbons (Fsp3) is 0.279. The summed E-state index contributed by atoms with van der Waals surface area (Å²) in [4.78, 5) is 48.3. The Morgan fingerprint density at radius 3 is 2.31 bits per heavy atom. The summed E-state index contributed by atoms with van der Waals surface area (Å²) in [5.41, 5.74) is 15.3. The molecule has 388 valence electrons. The van der Waals surface area contributed by atoms with Gasteiger partial charge in [0, 0.05) is 53.9 Å². The van der Waals surface area contributed by atoms with E-state index >= 15 is 0 Å². The molecule has 1 atom stereocenters. The zero-order valence-electron chi connectivity index (χ0n) is 44.2. The number of aromatic nitrogens is 2. The number of nitrogens with zero attached hydrogens (tertiary/aromatic N) is 2. The van der Waals surface area contributed by atoms with Crippen LogP contribution in [0, 0.1) is 6.92 Å². The number of primary amides is 1. The van der Waals surface area contributed by atoms with Crippen molar-refractivity contribution in [2.75, 3.05) is 45.7 Å². The fourth-order valence-electron chi connectivity index (χ4n) is 8.85. The molecule has 0 saturated heterocycles. The van der Waals surface area contributed by atoms with Crippen molar-refractivity contribution < 1.29 is 28.2 Å². The highest BCUT2D eigenvalue weighted by molar-refractivity contribution is 6.74. The third-order valence-corrected chi connectivity index (χ3v) is 18.5. The normalized spacial score (nSPS) is 12.1. The molecule has 2 heterocycles. The standard InChI is InChI=1S/C61H68N6O7Si/c1-40-32-44(35-51-56(40)64-37-52(59(62)69)57(51)65-46-18-13-19-48(36-46)71-6)33-43-16-12-17-45(34-43)60(70)67(5)30-31-72-47-22-20-41(21-23-47)28-29-63-38-54(74-75(7,8)61(2,3)4)49-24-26-53(58-50(49)25-27-55(68)66-58)73-39-42-14-10-9-11-15-42/h9-27,32,34-37,54,63H,28-31,33,38-39H2,1-8H3,(H2,62,69)(H,64,65)(H,66,68)/t54-/m0/s1. The number of ether oxygens (including phenoxy) is 3. The van der Waals surface area contributed by atoms with Gasteiger partial charge in [-0.3, -0.25) is 19.4 Å². The van der Waals surface area contributed by atoms with Crippen LogP contribution in [-0.2, 0) is 23.9 Å². The first-order chi connectivity index (χ1) is 36.0. The predicted molar refractivity (Wildman–Crippen MR) is 302 cm³/mol. The lowest BCUT2D eigenvalue weighted by Gasteiger charge is -2.39. The lowest BCUT2D eigenvalue weighted by atomic mass is 9.97. The van der Waals surface area contributed by atoms with E-state index < -0.39 is 14.2 Å². The zero-order chi connectivity index (χ0) is 53.3. The zero-order valence-corrected chi connectivity index (χ0v) is 45.2. The lowest BCUT2D eigenvalue weighted by Crippen LogP contribution is -2.43. The van der Waals surface area contributed by atoms with E-state index in [4.69, 9.17) is 24.4 Å². The summed E-state index contributed by atoms with van der Waals surface area (Å²) in [6.07, 6.45) is 2.58. The molecule has 14 heteroatoms. The number of aromatic amines is 1. The van der Waals surface area contributed by atoms with Gasteiger partial charge in [-0.2, -0.15) is 0 Å². The van der Waals surface area contributed by atoms with Gasteiger partial charge in [-0.15, -0.1) is 0 Å². The van der Waals surface area contributed by atoms with Gasteiger partial charge in [0.1, 0.15) is 30.5 Å². The molecule has 0 bridgehead atoms. The summed E-state index contributed by atoms with van der Waals surface area (Å²) >= 11 is 0. The van der Waals surface area contributed by atoms with Gasteiger partial charge < -0.3 is 44.9 Å². The summed E-state index contributed by atoms with van der Waals surface area (Å²) in [7, 11) is 1.15. The van der Waals surface area contributed by atoms with Crippen LogP contribution >= 0.6 is 0 Å². The number of likely N-dealkylation sites (N-methyl/N-ethyl adjacent to an activating group) is 1. The molecule has 0 aliphatic heterocycles. The van der Waals surface area contributed by atoms with Gasteiger partial charge in [0.05, 0.1) is 42.0 Å². The molecule has 5 N–H and O–H groups in total. The molecule has 0 aliphatic carbocycles. The largest absolute Gasteiger partial charge is 0.497 e. The van der Waals surface area contributed by atoms with Crippen molar-refractivity contribution in [3.05, 3.63) is 201 Å². The van der Waals surface area contributed by atoms with E-state index in [1.54, 1.807) is 25.1 Å². The molecule has 75 heavy (non-hydrogen) atoms. The van der Waals surface area contributed by atoms with Crippen LogP contribution in [0.5, 0.6) is 17.2 Å². The summed E-state index contributed by atoms with van der Waals surface area (Å²) in [6, 6.07) is 44.7. The number of anilines is 2. The molecule has 8 aromatic rings. The number of amides is 2.